The smallest absolute Gasteiger partial charge is 0.0233 e. The van der Waals surface area contributed by atoms with E-state index in [9.17, 15) is 0 Å². The minimum absolute atomic E-state index is 0.977. The average molecular weight is 248 g/mol. The third kappa shape index (κ3) is 5.65. The summed E-state index contributed by atoms with van der Waals surface area (Å²) >= 11 is 0. The van der Waals surface area contributed by atoms with E-state index < -0.39 is 0 Å². The highest BCUT2D eigenvalue weighted by Crippen LogP contribution is 2.08. The number of rotatable bonds is 9. The molecule has 0 spiro atoms. The number of hydrogen-bond acceptors (Lipinski definition) is 2. The van der Waals surface area contributed by atoms with Crippen LogP contribution >= 0.6 is 0 Å². The van der Waals surface area contributed by atoms with Crippen LogP contribution in [0.5, 0.6) is 0 Å². The van der Waals surface area contributed by atoms with Gasteiger partial charge in [-0.25, -0.2) is 0 Å². The van der Waals surface area contributed by atoms with Crippen LogP contribution in [0, 0.1) is 0 Å². The molecule has 0 saturated heterocycles. The molecule has 1 aromatic carbocycles. The van der Waals surface area contributed by atoms with Gasteiger partial charge in [0.15, 0.2) is 0 Å². The predicted molar refractivity (Wildman–Crippen MR) is 79.7 cm³/mol. The molecule has 0 amide bonds. The summed E-state index contributed by atoms with van der Waals surface area (Å²) in [6, 6.07) is 9.03. The molecule has 0 atom stereocenters. The first-order valence-electron chi connectivity index (χ1n) is 7.31. The number of hydrogen-bond donors (Lipinski definition) is 1. The van der Waals surface area contributed by atoms with Gasteiger partial charge in [0.05, 0.1) is 0 Å². The first kappa shape index (κ1) is 15.2. The average Bonchev–Trinajstić information content (AvgIpc) is 2.38. The molecule has 102 valence electrons. The number of benzene rings is 1. The molecule has 18 heavy (non-hydrogen) atoms. The van der Waals surface area contributed by atoms with Gasteiger partial charge in [-0.15, -0.1) is 0 Å². The molecule has 0 aliphatic rings. The Kier molecular flexibility index (Phi) is 7.70. The first-order chi connectivity index (χ1) is 8.80. The van der Waals surface area contributed by atoms with Crippen LogP contribution in [0.1, 0.15) is 44.7 Å². The maximum Gasteiger partial charge on any atom is 0.0233 e. The Hall–Kier alpha value is -0.860. The van der Waals surface area contributed by atoms with E-state index in [2.05, 4.69) is 55.3 Å². The van der Waals surface area contributed by atoms with Crippen molar-refractivity contribution in [2.45, 2.75) is 46.7 Å². The molecule has 1 aromatic rings. The molecule has 0 heterocycles. The van der Waals surface area contributed by atoms with Crippen LogP contribution in [0.25, 0.3) is 0 Å². The Labute approximate surface area is 112 Å². The summed E-state index contributed by atoms with van der Waals surface area (Å²) in [5.41, 5.74) is 2.80. The topological polar surface area (TPSA) is 15.3 Å². The minimum Gasteiger partial charge on any atom is -0.313 e. The van der Waals surface area contributed by atoms with Gasteiger partial charge in [-0.05, 0) is 43.6 Å². The van der Waals surface area contributed by atoms with Gasteiger partial charge in [0.25, 0.3) is 0 Å². The maximum absolute atomic E-state index is 3.35. The Balaban J connectivity index is 2.50. The van der Waals surface area contributed by atoms with Crippen molar-refractivity contribution < 1.29 is 0 Å². The van der Waals surface area contributed by atoms with E-state index >= 15 is 0 Å². The molecule has 0 bridgehead atoms. The molecule has 0 aliphatic carbocycles. The standard InChI is InChI=1S/C16H28N2/c1-4-11-18(12-5-2)14-16-9-7-15(8-10-16)13-17-6-3/h7-10,17H,4-6,11-14H2,1-3H3. The summed E-state index contributed by atoms with van der Waals surface area (Å²) in [4.78, 5) is 2.54. The fourth-order valence-electron chi connectivity index (χ4n) is 2.19. The van der Waals surface area contributed by atoms with E-state index in [-0.39, 0.29) is 0 Å². The molecule has 0 aromatic heterocycles. The van der Waals surface area contributed by atoms with Gasteiger partial charge >= 0.3 is 0 Å². The lowest BCUT2D eigenvalue weighted by Crippen LogP contribution is -2.24. The number of nitrogens with one attached hydrogen (secondary N) is 1. The van der Waals surface area contributed by atoms with Crippen LogP contribution in [0.4, 0.5) is 0 Å². The lowest BCUT2D eigenvalue weighted by molar-refractivity contribution is 0.266. The molecule has 2 heteroatoms. The second-order valence-corrected chi connectivity index (χ2v) is 4.87. The maximum atomic E-state index is 3.35. The van der Waals surface area contributed by atoms with Crippen LogP contribution in [0.2, 0.25) is 0 Å². The largest absolute Gasteiger partial charge is 0.313 e. The van der Waals surface area contributed by atoms with Crippen LogP contribution < -0.4 is 5.32 Å². The summed E-state index contributed by atoms with van der Waals surface area (Å²) in [6.07, 6.45) is 2.47. The summed E-state index contributed by atoms with van der Waals surface area (Å²) in [6.45, 7) is 12.1. The molecule has 1 N–H and O–H groups in total. The van der Waals surface area contributed by atoms with Crippen molar-refractivity contribution in [3.05, 3.63) is 35.4 Å². The molecule has 0 unspecified atom stereocenters. The summed E-state index contributed by atoms with van der Waals surface area (Å²) < 4.78 is 0. The normalized spacial score (nSPS) is 11.1. The van der Waals surface area contributed by atoms with Gasteiger partial charge in [0.2, 0.25) is 0 Å². The van der Waals surface area contributed by atoms with Crippen LogP contribution in [0.15, 0.2) is 24.3 Å². The SMILES string of the molecule is CCCN(CCC)Cc1ccc(CNCC)cc1. The quantitative estimate of drug-likeness (QED) is 0.720. The Morgan fingerprint density at radius 1 is 0.889 bits per heavy atom. The van der Waals surface area contributed by atoms with Gasteiger partial charge < -0.3 is 5.32 Å². The van der Waals surface area contributed by atoms with Crippen molar-refractivity contribution in [2.24, 2.45) is 0 Å². The fraction of sp³-hybridized carbons (Fsp3) is 0.625. The highest BCUT2D eigenvalue weighted by Gasteiger charge is 2.03. The number of nitrogens with zero attached hydrogens (tertiary/aromatic N) is 1. The zero-order valence-corrected chi connectivity index (χ0v) is 12.2. The second kappa shape index (κ2) is 9.12. The molecular formula is C16H28N2. The Bertz CT molecular complexity index is 299. The van der Waals surface area contributed by atoms with E-state index in [4.69, 9.17) is 0 Å². The van der Waals surface area contributed by atoms with Gasteiger partial charge in [-0.1, -0.05) is 45.0 Å². The summed E-state index contributed by atoms with van der Waals surface area (Å²) in [5.74, 6) is 0. The fourth-order valence-corrected chi connectivity index (χ4v) is 2.19. The lowest BCUT2D eigenvalue weighted by atomic mass is 10.1. The molecule has 0 fully saturated rings. The van der Waals surface area contributed by atoms with E-state index in [0.717, 1.165) is 19.6 Å². The van der Waals surface area contributed by atoms with E-state index in [0.29, 0.717) is 0 Å². The highest BCUT2D eigenvalue weighted by molar-refractivity contribution is 5.22. The van der Waals surface area contributed by atoms with Crippen molar-refractivity contribution in [1.82, 2.24) is 10.2 Å². The van der Waals surface area contributed by atoms with Crippen molar-refractivity contribution in [2.75, 3.05) is 19.6 Å². The molecule has 1 rings (SSSR count). The predicted octanol–water partition coefficient (Wildman–Crippen LogP) is 3.42. The molecule has 0 saturated carbocycles. The molecule has 0 radical (unpaired) electrons. The highest BCUT2D eigenvalue weighted by atomic mass is 15.1. The third-order valence-corrected chi connectivity index (χ3v) is 3.09. The van der Waals surface area contributed by atoms with E-state index in [1.807, 2.05) is 0 Å². The zero-order valence-electron chi connectivity index (χ0n) is 12.2. The van der Waals surface area contributed by atoms with Gasteiger partial charge in [0, 0.05) is 13.1 Å². The zero-order chi connectivity index (χ0) is 13.2. The monoisotopic (exact) mass is 248 g/mol. The first-order valence-corrected chi connectivity index (χ1v) is 7.31. The van der Waals surface area contributed by atoms with Crippen molar-refractivity contribution in [1.29, 1.82) is 0 Å². The van der Waals surface area contributed by atoms with Crippen LogP contribution in [0.3, 0.4) is 0 Å². The third-order valence-electron chi connectivity index (χ3n) is 3.09. The van der Waals surface area contributed by atoms with Gasteiger partial charge in [-0.3, -0.25) is 4.90 Å². The minimum atomic E-state index is 0.977. The summed E-state index contributed by atoms with van der Waals surface area (Å²) in [5, 5.41) is 3.35. The lowest BCUT2D eigenvalue weighted by Gasteiger charge is -2.21. The second-order valence-electron chi connectivity index (χ2n) is 4.87. The molecular weight excluding hydrogens is 220 g/mol. The molecule has 0 aliphatic heterocycles. The Morgan fingerprint density at radius 3 is 1.94 bits per heavy atom. The van der Waals surface area contributed by atoms with Crippen molar-refractivity contribution >= 4 is 0 Å². The van der Waals surface area contributed by atoms with E-state index in [1.165, 1.54) is 37.1 Å². The van der Waals surface area contributed by atoms with Gasteiger partial charge in [-0.2, -0.15) is 0 Å². The van der Waals surface area contributed by atoms with Crippen molar-refractivity contribution in [3.8, 4) is 0 Å². The molecule has 2 nitrogen and oxygen atoms in total. The Morgan fingerprint density at radius 2 is 1.44 bits per heavy atom. The van der Waals surface area contributed by atoms with Crippen LogP contribution in [-0.4, -0.2) is 24.5 Å². The van der Waals surface area contributed by atoms with Crippen LogP contribution in [-0.2, 0) is 13.1 Å². The summed E-state index contributed by atoms with van der Waals surface area (Å²) in [7, 11) is 0. The van der Waals surface area contributed by atoms with E-state index in [1.54, 1.807) is 0 Å². The van der Waals surface area contributed by atoms with Gasteiger partial charge in [0.1, 0.15) is 0 Å². The van der Waals surface area contributed by atoms with Crippen molar-refractivity contribution in [3.63, 3.8) is 0 Å².